The molecule has 21 heavy (non-hydrogen) atoms. The van der Waals surface area contributed by atoms with Gasteiger partial charge in [0.1, 0.15) is 5.52 Å². The van der Waals surface area contributed by atoms with E-state index in [1.54, 1.807) is 0 Å². The van der Waals surface area contributed by atoms with Gasteiger partial charge in [0, 0.05) is 0 Å². The highest BCUT2D eigenvalue weighted by Crippen LogP contribution is 2.34. The van der Waals surface area contributed by atoms with Crippen molar-refractivity contribution in [2.24, 2.45) is 4.99 Å². The van der Waals surface area contributed by atoms with E-state index < -0.39 is 0 Å². The summed E-state index contributed by atoms with van der Waals surface area (Å²) in [4.78, 5) is 20.3. The molecule has 1 aromatic heterocycles. The predicted molar refractivity (Wildman–Crippen MR) is 80.1 cm³/mol. The molecule has 2 heterocycles. The Bertz CT molecular complexity index is 831. The number of para-hydroxylation sites is 3. The van der Waals surface area contributed by atoms with Crippen LogP contribution in [-0.4, -0.2) is 17.0 Å². The minimum Gasteiger partial charge on any atom is -0.440 e. The summed E-state index contributed by atoms with van der Waals surface area (Å²) in [5, 5.41) is 0. The number of carbonyl (C=O) groups is 1. The third-order valence-corrected chi connectivity index (χ3v) is 3.75. The average molecular weight is 276 g/mol. The fraction of sp³-hybridized carbons (Fsp3) is 0.118. The van der Waals surface area contributed by atoms with Crippen LogP contribution in [0.2, 0.25) is 0 Å². The lowest BCUT2D eigenvalue weighted by Crippen LogP contribution is -2.20. The lowest BCUT2D eigenvalue weighted by atomic mass is 9.91. The molecule has 0 aliphatic carbocycles. The summed E-state index contributed by atoms with van der Waals surface area (Å²) in [5.41, 5.74) is 3.97. The van der Waals surface area contributed by atoms with Gasteiger partial charge < -0.3 is 4.42 Å². The molecule has 0 N–H and O–H groups in total. The third kappa shape index (κ3) is 1.96. The number of nitrogens with zero attached hydrogens (tertiary/aromatic N) is 2. The van der Waals surface area contributed by atoms with Gasteiger partial charge in [-0.2, -0.15) is 0 Å². The number of aromatic nitrogens is 1. The van der Waals surface area contributed by atoms with Gasteiger partial charge in [-0.15, -0.1) is 0 Å². The molecule has 1 unspecified atom stereocenters. The number of rotatable bonds is 2. The van der Waals surface area contributed by atoms with Gasteiger partial charge in [0.05, 0.1) is 17.3 Å². The summed E-state index contributed by atoms with van der Waals surface area (Å²) >= 11 is 0. The smallest absolute Gasteiger partial charge is 0.205 e. The van der Waals surface area contributed by atoms with Crippen molar-refractivity contribution < 1.29 is 9.21 Å². The molecule has 0 saturated carbocycles. The highest BCUT2D eigenvalue weighted by molar-refractivity contribution is 6.32. The molecule has 1 aliphatic rings. The summed E-state index contributed by atoms with van der Waals surface area (Å²) in [6.07, 6.45) is 1.48. The molecule has 4 rings (SSSR count). The van der Waals surface area contributed by atoms with Crippen LogP contribution in [0, 0.1) is 0 Å². The molecule has 4 nitrogen and oxygen atoms in total. The quantitative estimate of drug-likeness (QED) is 0.674. The van der Waals surface area contributed by atoms with Crippen LogP contribution < -0.4 is 0 Å². The Labute approximate surface area is 121 Å². The van der Waals surface area contributed by atoms with E-state index in [-0.39, 0.29) is 5.92 Å². The average Bonchev–Trinajstić information content (AvgIpc) is 2.97. The summed E-state index contributed by atoms with van der Waals surface area (Å²) in [5.74, 6) is 0.335. The first kappa shape index (κ1) is 12.0. The number of fused-ring (bicyclic) bond motifs is 2. The van der Waals surface area contributed by atoms with Gasteiger partial charge in [-0.3, -0.25) is 4.79 Å². The molecule has 0 fully saturated rings. The van der Waals surface area contributed by atoms with Gasteiger partial charge in [-0.05, 0) is 30.2 Å². The maximum absolute atomic E-state index is 11.4. The van der Waals surface area contributed by atoms with Crippen LogP contribution in [0.25, 0.3) is 11.1 Å². The Morgan fingerprint density at radius 3 is 2.76 bits per heavy atom. The Morgan fingerprint density at radius 2 is 1.90 bits per heavy atom. The van der Waals surface area contributed by atoms with E-state index in [0.29, 0.717) is 18.0 Å². The number of aldehydes is 1. The van der Waals surface area contributed by atoms with Crippen molar-refractivity contribution in [3.05, 3.63) is 60.0 Å². The van der Waals surface area contributed by atoms with Crippen molar-refractivity contribution in [2.75, 3.05) is 0 Å². The number of hydrogen-bond acceptors (Lipinski definition) is 4. The van der Waals surface area contributed by atoms with Gasteiger partial charge in [-0.25, -0.2) is 9.98 Å². The third-order valence-electron chi connectivity index (χ3n) is 3.75. The largest absolute Gasteiger partial charge is 0.440 e. The molecule has 102 valence electrons. The predicted octanol–water partition coefficient (Wildman–Crippen LogP) is 3.44. The molecule has 0 spiro atoms. The van der Waals surface area contributed by atoms with Crippen molar-refractivity contribution >= 4 is 28.8 Å². The van der Waals surface area contributed by atoms with E-state index in [9.17, 15) is 4.79 Å². The van der Waals surface area contributed by atoms with Crippen molar-refractivity contribution in [2.45, 2.75) is 12.3 Å². The van der Waals surface area contributed by atoms with Crippen LogP contribution in [-0.2, 0) is 11.2 Å². The van der Waals surface area contributed by atoms with Crippen LogP contribution in [0.1, 0.15) is 17.4 Å². The Balaban J connectivity index is 1.83. The number of benzene rings is 2. The Morgan fingerprint density at radius 1 is 1.10 bits per heavy atom. The fourth-order valence-corrected chi connectivity index (χ4v) is 2.70. The second-order valence-electron chi connectivity index (χ2n) is 5.06. The second kappa shape index (κ2) is 4.66. The van der Waals surface area contributed by atoms with Crippen molar-refractivity contribution in [1.82, 2.24) is 4.98 Å². The molecule has 1 atom stereocenters. The zero-order valence-electron chi connectivity index (χ0n) is 11.2. The molecule has 0 saturated heterocycles. The van der Waals surface area contributed by atoms with E-state index in [2.05, 4.69) is 9.98 Å². The minimum absolute atomic E-state index is 0.218. The number of oxazole rings is 1. The van der Waals surface area contributed by atoms with Gasteiger partial charge in [0.25, 0.3) is 0 Å². The lowest BCUT2D eigenvalue weighted by Gasteiger charge is -2.19. The summed E-state index contributed by atoms with van der Waals surface area (Å²) in [7, 11) is 0. The first-order valence-electron chi connectivity index (χ1n) is 6.82. The normalized spacial score (nSPS) is 17.3. The first-order chi connectivity index (χ1) is 10.3. The summed E-state index contributed by atoms with van der Waals surface area (Å²) < 4.78 is 5.80. The zero-order valence-corrected chi connectivity index (χ0v) is 11.2. The molecule has 4 heteroatoms. The SMILES string of the molecule is O=CC1=Nc2ccccc2CC1c1nc2ccccc2o1. The number of hydrogen-bond donors (Lipinski definition) is 0. The second-order valence-corrected chi connectivity index (χ2v) is 5.06. The summed E-state index contributed by atoms with van der Waals surface area (Å²) in [6, 6.07) is 15.4. The first-order valence-corrected chi connectivity index (χ1v) is 6.82. The van der Waals surface area contributed by atoms with Crippen LogP contribution in [0.4, 0.5) is 5.69 Å². The van der Waals surface area contributed by atoms with E-state index in [1.807, 2.05) is 48.5 Å². The molecule has 1 aliphatic heterocycles. The molecule has 2 aromatic carbocycles. The van der Waals surface area contributed by atoms with Crippen molar-refractivity contribution in [3.8, 4) is 0 Å². The fourth-order valence-electron chi connectivity index (χ4n) is 2.70. The van der Waals surface area contributed by atoms with Crippen molar-refractivity contribution in [1.29, 1.82) is 0 Å². The molecule has 0 bridgehead atoms. The van der Waals surface area contributed by atoms with E-state index in [1.165, 1.54) is 0 Å². The maximum Gasteiger partial charge on any atom is 0.205 e. The molecule has 0 radical (unpaired) electrons. The maximum atomic E-state index is 11.4. The minimum atomic E-state index is -0.218. The van der Waals surface area contributed by atoms with Crippen LogP contribution >= 0.6 is 0 Å². The topological polar surface area (TPSA) is 55.5 Å². The zero-order chi connectivity index (χ0) is 14.2. The highest BCUT2D eigenvalue weighted by Gasteiger charge is 2.28. The molecule has 3 aromatic rings. The number of aliphatic imine (C=N–C) groups is 1. The van der Waals surface area contributed by atoms with Gasteiger partial charge >= 0.3 is 0 Å². The van der Waals surface area contributed by atoms with Crippen LogP contribution in [0.5, 0.6) is 0 Å². The number of carbonyl (C=O) groups excluding carboxylic acids is 1. The van der Waals surface area contributed by atoms with E-state index >= 15 is 0 Å². The lowest BCUT2D eigenvalue weighted by molar-refractivity contribution is -0.102. The van der Waals surface area contributed by atoms with Gasteiger partial charge in [0.15, 0.2) is 11.9 Å². The van der Waals surface area contributed by atoms with Crippen LogP contribution in [0.15, 0.2) is 57.9 Å². The molecule has 0 amide bonds. The Kier molecular flexibility index (Phi) is 2.67. The van der Waals surface area contributed by atoms with Gasteiger partial charge in [-0.1, -0.05) is 30.3 Å². The highest BCUT2D eigenvalue weighted by atomic mass is 16.3. The van der Waals surface area contributed by atoms with Crippen LogP contribution in [0.3, 0.4) is 0 Å². The summed E-state index contributed by atoms with van der Waals surface area (Å²) in [6.45, 7) is 0. The monoisotopic (exact) mass is 276 g/mol. The standard InChI is InChI=1S/C17H12N2O2/c20-10-15-12(9-11-5-1-2-6-13(11)18-15)17-19-14-7-3-4-8-16(14)21-17/h1-8,10,12H,9H2. The molecular formula is C17H12N2O2. The Hall–Kier alpha value is -2.75. The van der Waals surface area contributed by atoms with E-state index in [0.717, 1.165) is 28.6 Å². The van der Waals surface area contributed by atoms with Crippen molar-refractivity contribution in [3.63, 3.8) is 0 Å². The van der Waals surface area contributed by atoms with E-state index in [4.69, 9.17) is 4.42 Å². The molecular weight excluding hydrogens is 264 g/mol. The van der Waals surface area contributed by atoms with Gasteiger partial charge in [0.2, 0.25) is 5.89 Å².